The number of nitrogens with zero attached hydrogens (tertiary/aromatic N) is 1. The van der Waals surface area contributed by atoms with Crippen molar-refractivity contribution in [3.05, 3.63) is 29.3 Å². The Hall–Kier alpha value is -1.86. The summed E-state index contributed by atoms with van der Waals surface area (Å²) in [5.41, 5.74) is 2.50. The monoisotopic (exact) mass is 526 g/mol. The number of rotatable bonds is 11. The number of hydrogen-bond donors (Lipinski definition) is 1. The van der Waals surface area contributed by atoms with Gasteiger partial charge in [-0.3, -0.25) is 19.7 Å². The van der Waals surface area contributed by atoms with Crippen molar-refractivity contribution in [2.75, 3.05) is 12.4 Å². The van der Waals surface area contributed by atoms with Crippen LogP contribution in [0.5, 0.6) is 0 Å². The van der Waals surface area contributed by atoms with E-state index in [1.807, 2.05) is 23.9 Å². The first kappa shape index (κ1) is 26.7. The molecule has 3 fully saturated rings. The van der Waals surface area contributed by atoms with Crippen LogP contribution >= 0.6 is 11.8 Å². The number of carbonyl (C=O) groups is 3. The van der Waals surface area contributed by atoms with Gasteiger partial charge < -0.3 is 9.64 Å². The third kappa shape index (κ3) is 4.98. The molecule has 37 heavy (non-hydrogen) atoms. The fourth-order valence-corrected chi connectivity index (χ4v) is 8.31. The summed E-state index contributed by atoms with van der Waals surface area (Å²) < 4.78 is 6.40. The minimum absolute atomic E-state index is 0.0999. The van der Waals surface area contributed by atoms with E-state index in [1.165, 1.54) is 38.5 Å². The third-order valence-electron chi connectivity index (χ3n) is 10.1. The Balaban J connectivity index is 0.999. The number of ether oxygens (including phenoxy) is 1. The summed E-state index contributed by atoms with van der Waals surface area (Å²) in [6.45, 7) is 8.68. The molecule has 2 saturated carbocycles. The number of fused-ring (bicyclic) bond motifs is 3. The maximum Gasteiger partial charge on any atom is 0.255 e. The Kier molecular flexibility index (Phi) is 7.75. The molecule has 0 radical (unpaired) electrons. The molecule has 2 heterocycles. The summed E-state index contributed by atoms with van der Waals surface area (Å²) in [5.74, 6) is 1.15. The molecule has 1 aromatic carbocycles. The van der Waals surface area contributed by atoms with E-state index in [1.54, 1.807) is 4.90 Å². The minimum atomic E-state index is -0.558. The van der Waals surface area contributed by atoms with Crippen molar-refractivity contribution < 1.29 is 19.1 Å². The van der Waals surface area contributed by atoms with Gasteiger partial charge in [0.25, 0.3) is 5.91 Å². The van der Waals surface area contributed by atoms with E-state index in [0.29, 0.717) is 35.5 Å². The first-order chi connectivity index (χ1) is 17.7. The van der Waals surface area contributed by atoms with Crippen LogP contribution in [0.4, 0.5) is 0 Å². The van der Waals surface area contributed by atoms with Crippen molar-refractivity contribution in [1.82, 2.24) is 10.2 Å². The Labute approximate surface area is 225 Å². The van der Waals surface area contributed by atoms with E-state index in [-0.39, 0.29) is 24.1 Å². The number of unbranched alkanes of at least 4 members (excludes halogenated alkanes) is 4. The maximum absolute atomic E-state index is 13.0. The molecule has 1 saturated heterocycles. The van der Waals surface area contributed by atoms with E-state index >= 15 is 0 Å². The zero-order chi connectivity index (χ0) is 26.2. The number of hydrogen-bond acceptors (Lipinski definition) is 5. The molecule has 3 amide bonds. The summed E-state index contributed by atoms with van der Waals surface area (Å²) in [6.07, 6.45) is 11.0. The van der Waals surface area contributed by atoms with Gasteiger partial charge in [0.15, 0.2) is 0 Å². The molecule has 1 N–H and O–H groups in total. The summed E-state index contributed by atoms with van der Waals surface area (Å²) in [4.78, 5) is 39.6. The van der Waals surface area contributed by atoms with Crippen LogP contribution in [0.1, 0.15) is 101 Å². The molecule has 1 aromatic rings. The van der Waals surface area contributed by atoms with Gasteiger partial charge in [0.05, 0.1) is 6.10 Å². The maximum atomic E-state index is 13.0. The molecule has 4 atom stereocenters. The molecule has 2 aliphatic carbocycles. The molecule has 6 nitrogen and oxygen atoms in total. The van der Waals surface area contributed by atoms with Crippen molar-refractivity contribution in [3.63, 3.8) is 0 Å². The second kappa shape index (κ2) is 10.7. The number of piperidine rings is 1. The van der Waals surface area contributed by atoms with Crippen LogP contribution in [-0.4, -0.2) is 47.1 Å². The predicted octanol–water partition coefficient (Wildman–Crippen LogP) is 5.72. The van der Waals surface area contributed by atoms with Gasteiger partial charge >= 0.3 is 0 Å². The van der Waals surface area contributed by atoms with Crippen LogP contribution in [0.15, 0.2) is 23.1 Å². The minimum Gasteiger partial charge on any atom is -0.378 e. The van der Waals surface area contributed by atoms with E-state index < -0.39 is 6.04 Å². The molecular formula is C30H42N2O4S. The zero-order valence-corrected chi connectivity index (χ0v) is 23.5. The van der Waals surface area contributed by atoms with E-state index in [0.717, 1.165) is 41.6 Å². The van der Waals surface area contributed by atoms with E-state index in [4.69, 9.17) is 4.74 Å². The van der Waals surface area contributed by atoms with E-state index in [9.17, 15) is 14.4 Å². The standard InChI is InChI=1S/C30H42N2O4S/c1-29(2)20-14-15-30(29,3)25(18-20)36-16-7-5-4-6-8-17-37-24-11-9-10-21-22(24)19-32(28(21)35)23-12-13-26(33)31-27(23)34/h9-11,20,23,25H,4-8,12-19H2,1-3H3,(H,31,33,34)/t20-,23?,25+,30+/m0/s1. The Morgan fingerprint density at radius 3 is 2.57 bits per heavy atom. The summed E-state index contributed by atoms with van der Waals surface area (Å²) >= 11 is 1.81. The number of thioether (sulfide) groups is 1. The lowest BCUT2D eigenvalue weighted by atomic mass is 9.70. The molecule has 7 heteroatoms. The zero-order valence-electron chi connectivity index (χ0n) is 22.6. The fourth-order valence-electron chi connectivity index (χ4n) is 7.22. The van der Waals surface area contributed by atoms with Crippen LogP contribution in [0.25, 0.3) is 0 Å². The van der Waals surface area contributed by atoms with Gasteiger partial charge in [-0.05, 0) is 78.7 Å². The van der Waals surface area contributed by atoms with Gasteiger partial charge in [0.1, 0.15) is 6.04 Å². The first-order valence-electron chi connectivity index (χ1n) is 14.2. The highest BCUT2D eigenvalue weighted by Gasteiger charge is 2.61. The quantitative estimate of drug-likeness (QED) is 0.227. The Bertz CT molecular complexity index is 1060. The first-order valence-corrected chi connectivity index (χ1v) is 15.2. The summed E-state index contributed by atoms with van der Waals surface area (Å²) in [6, 6.07) is 5.32. The molecule has 2 aliphatic heterocycles. The molecule has 5 rings (SSSR count). The molecular weight excluding hydrogens is 484 g/mol. The van der Waals surface area contributed by atoms with Crippen molar-refractivity contribution in [2.45, 2.75) is 109 Å². The average molecular weight is 527 g/mol. The van der Waals surface area contributed by atoms with Gasteiger partial charge in [-0.2, -0.15) is 0 Å². The van der Waals surface area contributed by atoms with Crippen molar-refractivity contribution in [2.24, 2.45) is 16.7 Å². The normalized spacial score (nSPS) is 30.2. The second-order valence-electron chi connectivity index (χ2n) is 12.3. The van der Waals surface area contributed by atoms with Gasteiger partial charge in [-0.1, -0.05) is 46.1 Å². The average Bonchev–Trinajstić information content (AvgIpc) is 3.38. The lowest BCUT2D eigenvalue weighted by Crippen LogP contribution is -2.52. The van der Waals surface area contributed by atoms with Crippen molar-refractivity contribution >= 4 is 29.5 Å². The number of nitrogens with one attached hydrogen (secondary N) is 1. The van der Waals surface area contributed by atoms with Crippen LogP contribution in [0, 0.1) is 16.7 Å². The largest absolute Gasteiger partial charge is 0.378 e. The second-order valence-corrected chi connectivity index (χ2v) is 13.4. The fraction of sp³-hybridized carbons (Fsp3) is 0.700. The number of amides is 3. The Morgan fingerprint density at radius 1 is 1.05 bits per heavy atom. The van der Waals surface area contributed by atoms with Crippen LogP contribution in [0.3, 0.4) is 0 Å². The van der Waals surface area contributed by atoms with Gasteiger partial charge in [-0.15, -0.1) is 11.8 Å². The SMILES string of the molecule is CC1(C)[C@H]2CC[C@]1(C)[C@H](OCCCCCCCSc1cccc3c1CN(C1CCC(=O)NC1=O)C3=O)C2. The molecule has 0 aromatic heterocycles. The van der Waals surface area contributed by atoms with Gasteiger partial charge in [0, 0.05) is 30.0 Å². The molecule has 202 valence electrons. The highest BCUT2D eigenvalue weighted by atomic mass is 32.2. The lowest BCUT2D eigenvalue weighted by molar-refractivity contribution is -0.136. The van der Waals surface area contributed by atoms with Gasteiger partial charge in [0.2, 0.25) is 11.8 Å². The number of carbonyl (C=O) groups excluding carboxylic acids is 3. The van der Waals surface area contributed by atoms with Crippen molar-refractivity contribution in [3.8, 4) is 0 Å². The van der Waals surface area contributed by atoms with E-state index in [2.05, 4.69) is 32.2 Å². The third-order valence-corrected chi connectivity index (χ3v) is 11.3. The van der Waals surface area contributed by atoms with Crippen LogP contribution in [0.2, 0.25) is 0 Å². The smallest absolute Gasteiger partial charge is 0.255 e. The number of imide groups is 1. The summed E-state index contributed by atoms with van der Waals surface area (Å²) in [5, 5.41) is 2.37. The molecule has 2 bridgehead atoms. The van der Waals surface area contributed by atoms with Crippen LogP contribution in [-0.2, 0) is 20.9 Å². The number of benzene rings is 1. The molecule has 1 unspecified atom stereocenters. The highest BCUT2D eigenvalue weighted by Crippen LogP contribution is 2.66. The Morgan fingerprint density at radius 2 is 1.84 bits per heavy atom. The topological polar surface area (TPSA) is 75.7 Å². The van der Waals surface area contributed by atoms with Gasteiger partial charge in [-0.25, -0.2) is 0 Å². The molecule has 0 spiro atoms. The van der Waals surface area contributed by atoms with Crippen LogP contribution < -0.4 is 5.32 Å². The van der Waals surface area contributed by atoms with Crippen molar-refractivity contribution in [1.29, 1.82) is 0 Å². The highest BCUT2D eigenvalue weighted by molar-refractivity contribution is 7.99. The summed E-state index contributed by atoms with van der Waals surface area (Å²) in [7, 11) is 0. The molecule has 4 aliphatic rings. The lowest BCUT2D eigenvalue weighted by Gasteiger charge is -2.39. The predicted molar refractivity (Wildman–Crippen MR) is 145 cm³/mol.